The van der Waals surface area contributed by atoms with Crippen molar-refractivity contribution in [2.24, 2.45) is 12.2 Å². The molecule has 0 aliphatic heterocycles. The number of oxime groups is 1. The van der Waals surface area contributed by atoms with Gasteiger partial charge in [-0.05, 0) is 19.3 Å². The van der Waals surface area contributed by atoms with Crippen molar-refractivity contribution < 1.29 is 5.21 Å². The molecule has 1 aromatic heterocycles. The molecule has 0 aromatic carbocycles. The Morgan fingerprint density at radius 1 is 1.71 bits per heavy atom. The van der Waals surface area contributed by atoms with E-state index in [0.29, 0.717) is 11.4 Å². The van der Waals surface area contributed by atoms with E-state index in [1.165, 1.54) is 0 Å². The molecule has 0 atom stereocenters. The van der Waals surface area contributed by atoms with E-state index in [4.69, 9.17) is 5.21 Å². The largest absolute Gasteiger partial charge is 0.411 e. The Bertz CT molecular complexity index is 382. The third kappa shape index (κ3) is 1.68. The molecular formula is C9H13N3OS. The van der Waals surface area contributed by atoms with Crippen molar-refractivity contribution in [2.45, 2.75) is 12.1 Å². The summed E-state index contributed by atoms with van der Waals surface area (Å²) in [5, 5.41) is 12.7. The van der Waals surface area contributed by atoms with Crippen LogP contribution in [0.3, 0.4) is 0 Å². The van der Waals surface area contributed by atoms with Gasteiger partial charge >= 0.3 is 0 Å². The topological polar surface area (TPSA) is 50.4 Å². The fraction of sp³-hybridized carbons (Fsp3) is 0.333. The zero-order valence-electron chi connectivity index (χ0n) is 8.48. The Morgan fingerprint density at radius 3 is 2.79 bits per heavy atom. The second kappa shape index (κ2) is 4.32. The predicted molar refractivity (Wildman–Crippen MR) is 59.1 cm³/mol. The normalized spacial score (nSPS) is 11.8. The SMILES string of the molecule is C=Cc1c(/C(C)=N/O)nc(SC)n1C. The van der Waals surface area contributed by atoms with E-state index in [1.54, 1.807) is 24.8 Å². The summed E-state index contributed by atoms with van der Waals surface area (Å²) in [5.41, 5.74) is 2.04. The van der Waals surface area contributed by atoms with Crippen LogP contribution in [0.2, 0.25) is 0 Å². The zero-order valence-corrected chi connectivity index (χ0v) is 9.30. The highest BCUT2D eigenvalue weighted by Gasteiger charge is 2.13. The van der Waals surface area contributed by atoms with Crippen molar-refractivity contribution in [3.05, 3.63) is 18.0 Å². The number of aromatic nitrogens is 2. The van der Waals surface area contributed by atoms with Crippen molar-refractivity contribution in [1.82, 2.24) is 9.55 Å². The van der Waals surface area contributed by atoms with Gasteiger partial charge in [-0.25, -0.2) is 4.98 Å². The zero-order chi connectivity index (χ0) is 10.7. The number of thioether (sulfide) groups is 1. The summed E-state index contributed by atoms with van der Waals surface area (Å²) in [6.45, 7) is 5.42. The van der Waals surface area contributed by atoms with Gasteiger partial charge in [0, 0.05) is 7.05 Å². The van der Waals surface area contributed by atoms with E-state index in [1.807, 2.05) is 17.9 Å². The smallest absolute Gasteiger partial charge is 0.168 e. The fourth-order valence-electron chi connectivity index (χ4n) is 1.22. The Labute approximate surface area is 87.3 Å². The summed E-state index contributed by atoms with van der Waals surface area (Å²) in [4.78, 5) is 4.33. The van der Waals surface area contributed by atoms with Crippen LogP contribution in [0.15, 0.2) is 16.9 Å². The minimum atomic E-state index is 0.496. The molecule has 0 aliphatic rings. The molecule has 1 N–H and O–H groups in total. The van der Waals surface area contributed by atoms with E-state index in [-0.39, 0.29) is 0 Å². The summed E-state index contributed by atoms with van der Waals surface area (Å²) in [6, 6.07) is 0. The van der Waals surface area contributed by atoms with Crippen LogP contribution in [0.1, 0.15) is 18.3 Å². The molecule has 14 heavy (non-hydrogen) atoms. The van der Waals surface area contributed by atoms with E-state index in [9.17, 15) is 0 Å². The molecule has 0 saturated heterocycles. The van der Waals surface area contributed by atoms with Gasteiger partial charge in [0.05, 0.1) is 5.69 Å². The lowest BCUT2D eigenvalue weighted by molar-refractivity contribution is 0.319. The van der Waals surface area contributed by atoms with Gasteiger partial charge in [0.2, 0.25) is 0 Å². The quantitative estimate of drug-likeness (QED) is 0.360. The second-order valence-electron chi connectivity index (χ2n) is 2.78. The number of hydrogen-bond donors (Lipinski definition) is 1. The highest BCUT2D eigenvalue weighted by Crippen LogP contribution is 2.19. The Morgan fingerprint density at radius 2 is 2.36 bits per heavy atom. The molecule has 0 amide bonds. The lowest BCUT2D eigenvalue weighted by atomic mass is 10.2. The molecule has 0 bridgehead atoms. The average molecular weight is 211 g/mol. The van der Waals surface area contributed by atoms with Crippen LogP contribution in [0, 0.1) is 0 Å². The minimum absolute atomic E-state index is 0.496. The second-order valence-corrected chi connectivity index (χ2v) is 3.55. The molecule has 1 aromatic rings. The highest BCUT2D eigenvalue weighted by molar-refractivity contribution is 7.98. The van der Waals surface area contributed by atoms with E-state index in [0.717, 1.165) is 10.9 Å². The number of imidazole rings is 1. The van der Waals surface area contributed by atoms with Crippen LogP contribution < -0.4 is 0 Å². The van der Waals surface area contributed by atoms with Crippen LogP contribution in [0.5, 0.6) is 0 Å². The van der Waals surface area contributed by atoms with Gasteiger partial charge in [-0.3, -0.25) is 0 Å². The summed E-state index contributed by atoms with van der Waals surface area (Å²) in [7, 11) is 1.91. The predicted octanol–water partition coefficient (Wildman–Crippen LogP) is 1.98. The molecule has 0 aliphatic carbocycles. The van der Waals surface area contributed by atoms with E-state index < -0.39 is 0 Å². The third-order valence-corrected chi connectivity index (χ3v) is 2.70. The number of hydrogen-bond acceptors (Lipinski definition) is 4. The van der Waals surface area contributed by atoms with Crippen LogP contribution in [0.25, 0.3) is 6.08 Å². The van der Waals surface area contributed by atoms with Crippen LogP contribution >= 0.6 is 11.8 Å². The molecular weight excluding hydrogens is 198 g/mol. The molecule has 0 saturated carbocycles. The molecule has 4 nitrogen and oxygen atoms in total. The summed E-state index contributed by atoms with van der Waals surface area (Å²) >= 11 is 1.54. The van der Waals surface area contributed by atoms with Crippen LogP contribution in [-0.4, -0.2) is 26.7 Å². The maximum atomic E-state index is 8.68. The van der Waals surface area contributed by atoms with Crippen molar-refractivity contribution in [2.75, 3.05) is 6.26 Å². The molecule has 1 heterocycles. The lowest BCUT2D eigenvalue weighted by Crippen LogP contribution is -1.99. The third-order valence-electron chi connectivity index (χ3n) is 1.97. The minimum Gasteiger partial charge on any atom is -0.411 e. The molecule has 76 valence electrons. The first-order valence-corrected chi connectivity index (χ1v) is 5.30. The van der Waals surface area contributed by atoms with Gasteiger partial charge in [0.1, 0.15) is 11.4 Å². The van der Waals surface area contributed by atoms with Crippen LogP contribution in [0.4, 0.5) is 0 Å². The maximum absolute atomic E-state index is 8.68. The van der Waals surface area contributed by atoms with E-state index >= 15 is 0 Å². The summed E-state index contributed by atoms with van der Waals surface area (Å²) < 4.78 is 1.92. The monoisotopic (exact) mass is 211 g/mol. The molecule has 0 unspecified atom stereocenters. The van der Waals surface area contributed by atoms with Crippen molar-refractivity contribution in [3.63, 3.8) is 0 Å². The van der Waals surface area contributed by atoms with Gasteiger partial charge in [0.25, 0.3) is 0 Å². The molecule has 0 spiro atoms. The van der Waals surface area contributed by atoms with Crippen molar-refractivity contribution >= 4 is 23.5 Å². The van der Waals surface area contributed by atoms with Crippen LogP contribution in [-0.2, 0) is 7.05 Å². The summed E-state index contributed by atoms with van der Waals surface area (Å²) in [5.74, 6) is 0. The standard InChI is InChI=1S/C9H13N3OS/c1-5-7-8(6(2)11-13)10-9(14-4)12(7)3/h5,13H,1H2,2-4H3/b11-6+. The molecule has 1 rings (SSSR count). The highest BCUT2D eigenvalue weighted by atomic mass is 32.2. The lowest BCUT2D eigenvalue weighted by Gasteiger charge is -1.99. The van der Waals surface area contributed by atoms with Crippen molar-refractivity contribution in [1.29, 1.82) is 0 Å². The molecule has 0 fully saturated rings. The summed E-state index contributed by atoms with van der Waals surface area (Å²) in [6.07, 6.45) is 3.65. The Kier molecular flexibility index (Phi) is 3.35. The number of rotatable bonds is 3. The fourth-order valence-corrected chi connectivity index (χ4v) is 1.77. The Balaban J connectivity index is 3.36. The molecule has 0 radical (unpaired) electrons. The molecule has 5 heteroatoms. The Hall–Kier alpha value is -1.23. The van der Waals surface area contributed by atoms with E-state index in [2.05, 4.69) is 16.7 Å². The van der Waals surface area contributed by atoms with Gasteiger partial charge in [-0.15, -0.1) is 0 Å². The van der Waals surface area contributed by atoms with Gasteiger partial charge in [0.15, 0.2) is 5.16 Å². The number of nitrogens with zero attached hydrogens (tertiary/aromatic N) is 3. The van der Waals surface area contributed by atoms with Gasteiger partial charge < -0.3 is 9.77 Å². The first kappa shape index (κ1) is 10.8. The van der Waals surface area contributed by atoms with Crippen molar-refractivity contribution in [3.8, 4) is 0 Å². The average Bonchev–Trinajstić information content (AvgIpc) is 2.53. The van der Waals surface area contributed by atoms with Gasteiger partial charge in [-0.1, -0.05) is 23.5 Å². The first-order chi connectivity index (χ1) is 6.65. The first-order valence-electron chi connectivity index (χ1n) is 4.07. The van der Waals surface area contributed by atoms with Gasteiger partial charge in [-0.2, -0.15) is 0 Å². The maximum Gasteiger partial charge on any atom is 0.168 e.